The molecular weight excluding hydrogens is 482 g/mol. The third kappa shape index (κ3) is 5.35. The second-order valence-electron chi connectivity index (χ2n) is 9.49. The van der Waals surface area contributed by atoms with E-state index in [1.165, 1.54) is 24.4 Å². The second kappa shape index (κ2) is 11.0. The largest absolute Gasteiger partial charge is 0.480 e. The van der Waals surface area contributed by atoms with E-state index >= 15 is 0 Å². The van der Waals surface area contributed by atoms with Gasteiger partial charge in [-0.15, -0.1) is 0 Å². The first kappa shape index (κ1) is 25.3. The first-order chi connectivity index (χ1) is 18.4. The normalized spacial score (nSPS) is 14.4. The number of aromatic nitrogens is 4. The van der Waals surface area contributed by atoms with Crippen LogP contribution in [0.25, 0.3) is 22.2 Å². The van der Waals surface area contributed by atoms with Crippen LogP contribution in [0.4, 0.5) is 11.5 Å². The lowest BCUT2D eigenvalue weighted by Gasteiger charge is -2.32. The van der Waals surface area contributed by atoms with Crippen molar-refractivity contribution in [3.63, 3.8) is 0 Å². The smallest absolute Gasteiger partial charge is 0.259 e. The van der Waals surface area contributed by atoms with Gasteiger partial charge in [0.2, 0.25) is 11.8 Å². The molecule has 0 bridgehead atoms. The number of carbonyl (C=O) groups is 1. The Hall–Kier alpha value is -4.31. The monoisotopic (exact) mass is 513 g/mol. The molecule has 5 rings (SSSR count). The number of nitrogens with one attached hydrogen (secondary N) is 3. The van der Waals surface area contributed by atoms with Crippen molar-refractivity contribution in [2.45, 2.75) is 25.7 Å². The summed E-state index contributed by atoms with van der Waals surface area (Å²) < 4.78 is 5.22. The summed E-state index contributed by atoms with van der Waals surface area (Å²) in [6.45, 7) is 4.36. The Balaban J connectivity index is 1.41. The number of hydrogen-bond donors (Lipinski definition) is 3. The van der Waals surface area contributed by atoms with Crippen LogP contribution >= 0.6 is 0 Å². The molecule has 0 spiro atoms. The molecule has 1 aliphatic heterocycles. The number of rotatable bonds is 7. The predicted molar refractivity (Wildman–Crippen MR) is 147 cm³/mol. The Kier molecular flexibility index (Phi) is 7.32. The SMILES string of the molecule is CNC(=O)CN1CCC(c2ccc(Nc3nc(-c4cncc(OC)n4)cc4cc[nH]c(=O)c34)cc2C)CC1. The molecule has 10 heteroatoms. The molecule has 4 heterocycles. The highest BCUT2D eigenvalue weighted by molar-refractivity contribution is 5.94. The third-order valence-electron chi connectivity index (χ3n) is 7.04. The van der Waals surface area contributed by atoms with Gasteiger partial charge >= 0.3 is 0 Å². The van der Waals surface area contributed by atoms with Crippen LogP contribution in [0.1, 0.15) is 29.9 Å². The average molecular weight is 514 g/mol. The van der Waals surface area contributed by atoms with Gasteiger partial charge in [0, 0.05) is 18.9 Å². The van der Waals surface area contributed by atoms with Crippen molar-refractivity contribution < 1.29 is 9.53 Å². The standard InChI is InChI=1S/C28H31N7O3/c1-17-12-20(4-5-21(17)18-7-10-35(11-8-18)16-24(36)29-2)32-27-26-19(6-9-31-28(26)37)13-22(34-27)23-14-30-15-25(33-23)38-3/h4-6,9,12-15,18H,7-8,10-11,16H2,1-3H3,(H,29,36)(H,31,37)(H,32,34). The Bertz CT molecular complexity index is 1530. The van der Waals surface area contributed by atoms with E-state index in [-0.39, 0.29) is 11.5 Å². The third-order valence-corrected chi connectivity index (χ3v) is 7.04. The first-order valence-corrected chi connectivity index (χ1v) is 12.6. The van der Waals surface area contributed by atoms with Crippen LogP contribution in [0, 0.1) is 6.92 Å². The molecule has 1 aromatic carbocycles. The molecular formula is C28H31N7O3. The van der Waals surface area contributed by atoms with E-state index in [0.29, 0.717) is 40.9 Å². The van der Waals surface area contributed by atoms with Crippen molar-refractivity contribution in [2.24, 2.45) is 0 Å². The van der Waals surface area contributed by atoms with Crippen molar-refractivity contribution in [3.05, 3.63) is 70.4 Å². The number of nitrogens with zero attached hydrogens (tertiary/aromatic N) is 4. The van der Waals surface area contributed by atoms with Crippen LogP contribution in [0.5, 0.6) is 5.88 Å². The summed E-state index contributed by atoms with van der Waals surface area (Å²) in [5.41, 5.74) is 4.23. The maximum absolute atomic E-state index is 12.8. The molecule has 1 saturated heterocycles. The van der Waals surface area contributed by atoms with Gasteiger partial charge in [-0.1, -0.05) is 6.07 Å². The topological polar surface area (TPSA) is 125 Å². The summed E-state index contributed by atoms with van der Waals surface area (Å²) in [5.74, 6) is 1.33. The molecule has 0 radical (unpaired) electrons. The van der Waals surface area contributed by atoms with E-state index in [9.17, 15) is 9.59 Å². The predicted octanol–water partition coefficient (Wildman–Crippen LogP) is 3.37. The average Bonchev–Trinajstić information content (AvgIpc) is 2.93. The number of aromatic amines is 1. The van der Waals surface area contributed by atoms with E-state index < -0.39 is 0 Å². The zero-order chi connectivity index (χ0) is 26.6. The number of pyridine rings is 2. The zero-order valence-electron chi connectivity index (χ0n) is 21.7. The molecule has 4 aromatic rings. The van der Waals surface area contributed by atoms with Crippen LogP contribution in [-0.4, -0.2) is 64.5 Å². The number of aryl methyl sites for hydroxylation is 1. The summed E-state index contributed by atoms with van der Waals surface area (Å²) >= 11 is 0. The van der Waals surface area contributed by atoms with E-state index in [0.717, 1.165) is 37.0 Å². The fourth-order valence-corrected chi connectivity index (χ4v) is 5.04. The van der Waals surface area contributed by atoms with Crippen molar-refractivity contribution in [1.29, 1.82) is 0 Å². The highest BCUT2D eigenvalue weighted by atomic mass is 16.5. The fourth-order valence-electron chi connectivity index (χ4n) is 5.04. The summed E-state index contributed by atoms with van der Waals surface area (Å²) in [6, 6.07) is 9.94. The number of anilines is 2. The second-order valence-corrected chi connectivity index (χ2v) is 9.49. The van der Waals surface area contributed by atoms with Gasteiger partial charge in [0.15, 0.2) is 0 Å². The molecule has 0 aliphatic carbocycles. The molecule has 3 N–H and O–H groups in total. The van der Waals surface area contributed by atoms with E-state index in [4.69, 9.17) is 9.72 Å². The number of hydrogen-bond acceptors (Lipinski definition) is 8. The van der Waals surface area contributed by atoms with Gasteiger partial charge in [0.25, 0.3) is 5.56 Å². The Morgan fingerprint density at radius 3 is 2.68 bits per heavy atom. The van der Waals surface area contributed by atoms with Crippen molar-refractivity contribution >= 4 is 28.2 Å². The Morgan fingerprint density at radius 1 is 1.13 bits per heavy atom. The number of ether oxygens (including phenoxy) is 1. The summed E-state index contributed by atoms with van der Waals surface area (Å²) in [7, 11) is 3.21. The number of fused-ring (bicyclic) bond motifs is 1. The van der Waals surface area contributed by atoms with Gasteiger partial charge < -0.3 is 20.4 Å². The molecule has 1 amide bonds. The van der Waals surface area contributed by atoms with Crippen molar-refractivity contribution in [3.8, 4) is 17.3 Å². The van der Waals surface area contributed by atoms with Crippen molar-refractivity contribution in [2.75, 3.05) is 39.1 Å². The molecule has 38 heavy (non-hydrogen) atoms. The number of likely N-dealkylation sites (N-methyl/N-ethyl adjacent to an activating group) is 1. The quantitative estimate of drug-likeness (QED) is 0.344. The molecule has 3 aromatic heterocycles. The molecule has 1 aliphatic rings. The van der Waals surface area contributed by atoms with Crippen molar-refractivity contribution in [1.82, 2.24) is 30.2 Å². The van der Waals surface area contributed by atoms with Gasteiger partial charge in [0.05, 0.1) is 37.1 Å². The van der Waals surface area contributed by atoms with E-state index in [1.54, 1.807) is 19.4 Å². The van der Waals surface area contributed by atoms with Gasteiger partial charge in [-0.3, -0.25) is 19.5 Å². The lowest BCUT2D eigenvalue weighted by molar-refractivity contribution is -0.122. The first-order valence-electron chi connectivity index (χ1n) is 12.6. The number of H-pyrrole nitrogens is 1. The van der Waals surface area contributed by atoms with Crippen LogP contribution in [0.3, 0.4) is 0 Å². The fraction of sp³-hybridized carbons (Fsp3) is 0.321. The molecule has 0 unspecified atom stereocenters. The van der Waals surface area contributed by atoms with Crippen LogP contribution in [0.15, 0.2) is 53.7 Å². The molecule has 1 fully saturated rings. The Morgan fingerprint density at radius 2 is 1.95 bits per heavy atom. The summed E-state index contributed by atoms with van der Waals surface area (Å²) in [6.07, 6.45) is 6.79. The van der Waals surface area contributed by atoms with Gasteiger partial charge in [-0.25, -0.2) is 9.97 Å². The summed E-state index contributed by atoms with van der Waals surface area (Å²) in [4.78, 5) is 42.8. The number of amides is 1. The number of carbonyl (C=O) groups excluding carboxylic acids is 1. The minimum atomic E-state index is -0.224. The lowest BCUT2D eigenvalue weighted by Crippen LogP contribution is -2.40. The van der Waals surface area contributed by atoms with Gasteiger partial charge in [-0.05, 0) is 79.6 Å². The molecule has 0 saturated carbocycles. The molecule has 0 atom stereocenters. The number of likely N-dealkylation sites (tertiary alicyclic amines) is 1. The van der Waals surface area contributed by atoms with Crippen LogP contribution < -0.4 is 20.9 Å². The molecule has 10 nitrogen and oxygen atoms in total. The van der Waals surface area contributed by atoms with Crippen LogP contribution in [-0.2, 0) is 4.79 Å². The highest BCUT2D eigenvalue weighted by Gasteiger charge is 2.23. The lowest BCUT2D eigenvalue weighted by atomic mass is 9.86. The molecule has 196 valence electrons. The number of piperidine rings is 1. The van der Waals surface area contributed by atoms with Gasteiger partial charge in [0.1, 0.15) is 11.5 Å². The summed E-state index contributed by atoms with van der Waals surface area (Å²) in [5, 5.41) is 7.27. The minimum absolute atomic E-state index is 0.0533. The maximum Gasteiger partial charge on any atom is 0.259 e. The zero-order valence-corrected chi connectivity index (χ0v) is 21.7. The number of methoxy groups -OCH3 is 1. The highest BCUT2D eigenvalue weighted by Crippen LogP contribution is 2.33. The van der Waals surface area contributed by atoms with Gasteiger partial charge in [-0.2, -0.15) is 0 Å². The maximum atomic E-state index is 12.8. The van der Waals surface area contributed by atoms with Crippen LogP contribution in [0.2, 0.25) is 0 Å². The van der Waals surface area contributed by atoms with E-state index in [2.05, 4.69) is 49.5 Å². The Labute approximate surface area is 220 Å². The minimum Gasteiger partial charge on any atom is -0.480 e. The number of benzene rings is 1. The van der Waals surface area contributed by atoms with E-state index in [1.807, 2.05) is 18.2 Å².